The van der Waals surface area contributed by atoms with Crippen LogP contribution in [0.25, 0.3) is 10.2 Å². The van der Waals surface area contributed by atoms with E-state index in [1.807, 2.05) is 12.1 Å². The normalized spacial score (nSPS) is 10.9. The van der Waals surface area contributed by atoms with Crippen LogP contribution >= 0.6 is 23.1 Å². The van der Waals surface area contributed by atoms with E-state index in [0.29, 0.717) is 22.8 Å². The molecule has 3 aromatic heterocycles. The third-order valence-corrected chi connectivity index (χ3v) is 5.19. The molecule has 0 saturated heterocycles. The average molecular weight is 331 g/mol. The average Bonchev–Trinajstić information content (AvgIpc) is 3.17. The van der Waals surface area contributed by atoms with Crippen molar-refractivity contribution in [3.8, 4) is 6.07 Å². The highest BCUT2D eigenvalue weighted by molar-refractivity contribution is 7.99. The molecule has 0 atom stereocenters. The molecule has 22 heavy (non-hydrogen) atoms. The Morgan fingerprint density at radius 2 is 2.41 bits per heavy atom. The summed E-state index contributed by atoms with van der Waals surface area (Å²) in [5, 5.41) is 9.99. The summed E-state index contributed by atoms with van der Waals surface area (Å²) in [7, 11) is 0. The van der Waals surface area contributed by atoms with E-state index >= 15 is 0 Å². The standard InChI is InChI=1S/C15H13N3O2S2/c1-2-11-8-12-13(22-11)17-15(21-7-5-16)18(14(12)19)9-10-4-3-6-20-10/h3-4,6,8H,2,7,9H2,1H3. The summed E-state index contributed by atoms with van der Waals surface area (Å²) in [6.07, 6.45) is 2.45. The number of aromatic nitrogens is 2. The number of fused-ring (bicyclic) bond motifs is 1. The number of nitriles is 1. The Kier molecular flexibility index (Phi) is 4.32. The van der Waals surface area contributed by atoms with Crippen LogP contribution in [0.2, 0.25) is 0 Å². The van der Waals surface area contributed by atoms with E-state index in [2.05, 4.69) is 18.0 Å². The molecule has 0 aliphatic carbocycles. The molecule has 7 heteroatoms. The van der Waals surface area contributed by atoms with Crippen LogP contribution in [0.5, 0.6) is 0 Å². The van der Waals surface area contributed by atoms with Crippen molar-refractivity contribution in [2.75, 3.05) is 5.75 Å². The van der Waals surface area contributed by atoms with Crippen molar-refractivity contribution in [2.24, 2.45) is 0 Å². The number of aryl methyl sites for hydroxylation is 1. The molecule has 0 aromatic carbocycles. The van der Waals surface area contributed by atoms with E-state index < -0.39 is 0 Å². The van der Waals surface area contributed by atoms with Crippen LogP contribution in [-0.4, -0.2) is 15.3 Å². The maximum absolute atomic E-state index is 12.8. The highest BCUT2D eigenvalue weighted by Gasteiger charge is 2.15. The van der Waals surface area contributed by atoms with Gasteiger partial charge < -0.3 is 4.42 Å². The van der Waals surface area contributed by atoms with Gasteiger partial charge in [0.1, 0.15) is 10.6 Å². The van der Waals surface area contributed by atoms with Crippen molar-refractivity contribution < 1.29 is 4.42 Å². The molecule has 0 spiro atoms. The molecule has 0 radical (unpaired) electrons. The third kappa shape index (κ3) is 2.80. The zero-order valence-corrected chi connectivity index (χ0v) is 13.5. The zero-order chi connectivity index (χ0) is 15.5. The first-order valence-corrected chi connectivity index (χ1v) is 8.58. The van der Waals surface area contributed by atoms with E-state index in [4.69, 9.17) is 9.68 Å². The lowest BCUT2D eigenvalue weighted by atomic mass is 10.3. The first-order valence-electron chi connectivity index (χ1n) is 6.78. The van der Waals surface area contributed by atoms with Crippen molar-refractivity contribution in [1.82, 2.24) is 9.55 Å². The molecular weight excluding hydrogens is 318 g/mol. The predicted molar refractivity (Wildman–Crippen MR) is 87.4 cm³/mol. The van der Waals surface area contributed by atoms with Gasteiger partial charge in [0.2, 0.25) is 0 Å². The molecule has 3 aromatic rings. The van der Waals surface area contributed by atoms with E-state index in [1.165, 1.54) is 23.1 Å². The Bertz CT molecular complexity index is 888. The number of rotatable bonds is 5. The lowest BCUT2D eigenvalue weighted by molar-refractivity contribution is 0.477. The van der Waals surface area contributed by atoms with Crippen LogP contribution in [0.3, 0.4) is 0 Å². The Morgan fingerprint density at radius 3 is 3.09 bits per heavy atom. The fourth-order valence-electron chi connectivity index (χ4n) is 2.13. The number of thiophene rings is 1. The summed E-state index contributed by atoms with van der Waals surface area (Å²) in [5.41, 5.74) is -0.0854. The van der Waals surface area contributed by atoms with Crippen molar-refractivity contribution in [1.29, 1.82) is 5.26 Å². The van der Waals surface area contributed by atoms with Crippen LogP contribution in [0.1, 0.15) is 17.6 Å². The second kappa shape index (κ2) is 6.38. The van der Waals surface area contributed by atoms with Crippen LogP contribution in [0, 0.1) is 11.3 Å². The quantitative estimate of drug-likeness (QED) is 0.530. The Balaban J connectivity index is 2.15. The molecule has 112 valence electrons. The molecular formula is C15H13N3O2S2. The molecule has 0 aliphatic heterocycles. The zero-order valence-electron chi connectivity index (χ0n) is 11.9. The lowest BCUT2D eigenvalue weighted by Gasteiger charge is -2.09. The molecule has 0 amide bonds. The minimum atomic E-state index is -0.0854. The second-order valence-electron chi connectivity index (χ2n) is 4.60. The maximum Gasteiger partial charge on any atom is 0.263 e. The summed E-state index contributed by atoms with van der Waals surface area (Å²) in [6.45, 7) is 2.37. The van der Waals surface area contributed by atoms with Gasteiger partial charge in [-0.3, -0.25) is 9.36 Å². The Hall–Kier alpha value is -2.04. The summed E-state index contributed by atoms with van der Waals surface area (Å²) in [5.74, 6) is 0.940. The monoisotopic (exact) mass is 331 g/mol. The van der Waals surface area contributed by atoms with Crippen molar-refractivity contribution in [2.45, 2.75) is 25.0 Å². The van der Waals surface area contributed by atoms with Gasteiger partial charge >= 0.3 is 0 Å². The SMILES string of the molecule is CCc1cc2c(=O)n(Cc3ccco3)c(SCC#N)nc2s1. The summed E-state index contributed by atoms with van der Waals surface area (Å²) in [4.78, 5) is 19.2. The summed E-state index contributed by atoms with van der Waals surface area (Å²) >= 11 is 2.80. The summed E-state index contributed by atoms with van der Waals surface area (Å²) in [6, 6.07) is 7.59. The topological polar surface area (TPSA) is 71.8 Å². The maximum atomic E-state index is 12.8. The van der Waals surface area contributed by atoms with Crippen LogP contribution in [-0.2, 0) is 13.0 Å². The van der Waals surface area contributed by atoms with Gasteiger partial charge in [-0.1, -0.05) is 18.7 Å². The fourth-order valence-corrected chi connectivity index (χ4v) is 3.79. The minimum Gasteiger partial charge on any atom is -0.467 e. The number of nitrogens with zero attached hydrogens (tertiary/aromatic N) is 3. The van der Waals surface area contributed by atoms with Crippen molar-refractivity contribution in [3.05, 3.63) is 45.5 Å². The fraction of sp³-hybridized carbons (Fsp3) is 0.267. The number of hydrogen-bond acceptors (Lipinski definition) is 6. The largest absolute Gasteiger partial charge is 0.467 e. The molecule has 0 aliphatic rings. The van der Waals surface area contributed by atoms with Gasteiger partial charge in [0.05, 0.1) is 30.0 Å². The molecule has 0 N–H and O–H groups in total. The van der Waals surface area contributed by atoms with E-state index in [0.717, 1.165) is 16.1 Å². The highest BCUT2D eigenvalue weighted by atomic mass is 32.2. The molecule has 0 fully saturated rings. The molecule has 0 saturated carbocycles. The van der Waals surface area contributed by atoms with E-state index in [-0.39, 0.29) is 11.3 Å². The molecule has 3 rings (SSSR count). The van der Waals surface area contributed by atoms with E-state index in [9.17, 15) is 4.79 Å². The van der Waals surface area contributed by atoms with Gasteiger partial charge in [0.25, 0.3) is 5.56 Å². The molecule has 0 unspecified atom stereocenters. The Morgan fingerprint density at radius 1 is 1.55 bits per heavy atom. The van der Waals surface area contributed by atoms with Crippen molar-refractivity contribution in [3.63, 3.8) is 0 Å². The first kappa shape index (κ1) is 14.9. The van der Waals surface area contributed by atoms with Gasteiger partial charge in [-0.25, -0.2) is 4.98 Å². The van der Waals surface area contributed by atoms with Crippen molar-refractivity contribution >= 4 is 33.3 Å². The van der Waals surface area contributed by atoms with Gasteiger partial charge in [0.15, 0.2) is 5.16 Å². The molecule has 5 nitrogen and oxygen atoms in total. The van der Waals surface area contributed by atoms with Gasteiger partial charge in [-0.15, -0.1) is 11.3 Å². The van der Waals surface area contributed by atoms with Crippen LogP contribution in [0.4, 0.5) is 0 Å². The second-order valence-corrected chi connectivity index (χ2v) is 6.65. The molecule has 0 bridgehead atoms. The lowest BCUT2D eigenvalue weighted by Crippen LogP contribution is -2.23. The number of furan rings is 1. The smallest absolute Gasteiger partial charge is 0.263 e. The minimum absolute atomic E-state index is 0.0854. The summed E-state index contributed by atoms with van der Waals surface area (Å²) < 4.78 is 6.91. The van der Waals surface area contributed by atoms with E-state index in [1.54, 1.807) is 16.9 Å². The highest BCUT2D eigenvalue weighted by Crippen LogP contribution is 2.25. The first-order chi connectivity index (χ1) is 10.7. The third-order valence-electron chi connectivity index (χ3n) is 3.18. The van der Waals surface area contributed by atoms with Gasteiger partial charge in [0, 0.05) is 4.88 Å². The number of hydrogen-bond donors (Lipinski definition) is 0. The number of thioether (sulfide) groups is 1. The van der Waals surface area contributed by atoms with Gasteiger partial charge in [-0.05, 0) is 24.6 Å². The van der Waals surface area contributed by atoms with Gasteiger partial charge in [-0.2, -0.15) is 5.26 Å². The Labute approximate surface area is 135 Å². The molecule has 3 heterocycles. The predicted octanol–water partition coefficient (Wildman–Crippen LogP) is 3.28. The van der Waals surface area contributed by atoms with Crippen LogP contribution < -0.4 is 5.56 Å². The van der Waals surface area contributed by atoms with Crippen LogP contribution in [0.15, 0.2) is 38.8 Å².